The minimum atomic E-state index is -0.467. The van der Waals surface area contributed by atoms with Crippen LogP contribution in [0.3, 0.4) is 0 Å². The Hall–Kier alpha value is -3.51. The van der Waals surface area contributed by atoms with Gasteiger partial charge in [0.1, 0.15) is 0 Å². The van der Waals surface area contributed by atoms with E-state index >= 15 is 0 Å². The van der Waals surface area contributed by atoms with Crippen LogP contribution in [0.2, 0.25) is 5.02 Å². The average molecular weight is 572 g/mol. The molecule has 2 aromatic heterocycles. The van der Waals surface area contributed by atoms with Gasteiger partial charge in [-0.3, -0.25) is 9.79 Å². The summed E-state index contributed by atoms with van der Waals surface area (Å²) in [7, 11) is 0. The Morgan fingerprint density at radius 1 is 1.22 bits per heavy atom. The summed E-state index contributed by atoms with van der Waals surface area (Å²) in [5, 5.41) is 4.66. The highest BCUT2D eigenvalue weighted by molar-refractivity contribution is 6.35. The summed E-state index contributed by atoms with van der Waals surface area (Å²) in [6.07, 6.45) is 18.3. The topological polar surface area (TPSA) is 83.0 Å². The molecule has 2 N–H and O–H groups in total. The van der Waals surface area contributed by atoms with Crippen molar-refractivity contribution in [3.05, 3.63) is 77.3 Å². The second-order valence-electron chi connectivity index (χ2n) is 11.8. The number of nitrogens with zero attached hydrogens (tertiary/aromatic N) is 3. The largest absolute Gasteiger partial charge is 0.351 e. The average Bonchev–Trinajstić information content (AvgIpc) is 3.38. The molecule has 3 heterocycles. The van der Waals surface area contributed by atoms with Crippen LogP contribution in [-0.2, 0) is 0 Å². The Bertz CT molecular complexity index is 1480. The third-order valence-electron chi connectivity index (χ3n) is 7.60. The van der Waals surface area contributed by atoms with E-state index in [4.69, 9.17) is 11.6 Å². The first-order valence-corrected chi connectivity index (χ1v) is 15.0. The van der Waals surface area contributed by atoms with Crippen LogP contribution >= 0.6 is 11.6 Å². The van der Waals surface area contributed by atoms with Crippen LogP contribution in [0.25, 0.3) is 16.6 Å². The van der Waals surface area contributed by atoms with E-state index in [1.807, 2.05) is 50.4 Å². The van der Waals surface area contributed by atoms with Crippen molar-refractivity contribution in [2.75, 3.05) is 5.32 Å². The smallest absolute Gasteiger partial charge is 0.227 e. The normalized spacial score (nSPS) is 15.7. The zero-order valence-electron chi connectivity index (χ0n) is 24.8. The second-order valence-corrected chi connectivity index (χ2v) is 12.2. The number of H-pyrrole nitrogens is 1. The van der Waals surface area contributed by atoms with Crippen molar-refractivity contribution < 1.29 is 4.79 Å². The molecular weight excluding hydrogens is 530 g/mol. The van der Waals surface area contributed by atoms with Crippen LogP contribution in [0.1, 0.15) is 95.2 Å². The third kappa shape index (κ3) is 8.26. The van der Waals surface area contributed by atoms with Crippen LogP contribution in [-0.4, -0.2) is 26.9 Å². The number of nitrogens with one attached hydrogen (secondary N) is 2. The summed E-state index contributed by atoms with van der Waals surface area (Å²) in [5.41, 5.74) is 4.68. The number of carbonyl (C=O) groups is 1. The van der Waals surface area contributed by atoms with E-state index in [9.17, 15) is 4.79 Å². The number of rotatable bonds is 14. The maximum Gasteiger partial charge on any atom is 0.227 e. The van der Waals surface area contributed by atoms with Gasteiger partial charge in [-0.1, -0.05) is 69.0 Å². The fourth-order valence-electron chi connectivity index (χ4n) is 5.05. The number of aromatic amines is 1. The number of halogens is 1. The highest BCUT2D eigenvalue weighted by atomic mass is 35.5. The number of hydrogen-bond acceptors (Lipinski definition) is 5. The maximum atomic E-state index is 13.5. The molecule has 0 amide bonds. The molecule has 4 rings (SSSR count). The van der Waals surface area contributed by atoms with E-state index < -0.39 is 5.41 Å². The van der Waals surface area contributed by atoms with E-state index in [1.165, 1.54) is 5.57 Å². The Morgan fingerprint density at radius 2 is 2.05 bits per heavy atom. The van der Waals surface area contributed by atoms with Gasteiger partial charge in [-0.25, -0.2) is 9.97 Å². The standard InChI is InChI=1S/C34H42ClN5O/c1-6-7-9-12-23(2)13-10-8-11-17-34(4,5)32(41)30-20-25-19-26(21-27(35)31(25)39-30)38-33-36-18-16-29(40-33)28-15-14-24(3)22-37-28/h6,12,15-16,18-22,24,39H,1,7-11,13-14,17H2,2-5H3,(H,36,38,40)/b23-12+. The number of Topliss-reactive ketones (excluding diaryl/α,β-unsaturated/α-hetero) is 1. The molecule has 3 aromatic rings. The molecule has 1 unspecified atom stereocenters. The Kier molecular flexibility index (Phi) is 10.3. The third-order valence-corrected chi connectivity index (χ3v) is 7.90. The zero-order chi connectivity index (χ0) is 29.4. The predicted molar refractivity (Wildman–Crippen MR) is 173 cm³/mol. The number of ketones is 1. The van der Waals surface area contributed by atoms with Crippen molar-refractivity contribution in [2.45, 2.75) is 79.1 Å². The molecule has 0 saturated carbocycles. The van der Waals surface area contributed by atoms with E-state index in [2.05, 4.69) is 57.8 Å². The quantitative estimate of drug-likeness (QED) is 0.114. The van der Waals surface area contributed by atoms with Crippen LogP contribution in [0, 0.1) is 11.3 Å². The molecule has 1 aliphatic rings. The van der Waals surface area contributed by atoms with E-state index in [0.29, 0.717) is 22.6 Å². The molecule has 1 aliphatic heterocycles. The lowest BCUT2D eigenvalue weighted by atomic mass is 9.81. The number of anilines is 2. The number of hydrogen-bond donors (Lipinski definition) is 2. The molecule has 1 aromatic carbocycles. The van der Waals surface area contributed by atoms with Gasteiger partial charge in [0.25, 0.3) is 0 Å². The number of unbranched alkanes of at least 4 members (excludes halogenated alkanes) is 3. The number of allylic oxidation sites excluding steroid dienone is 4. The minimum Gasteiger partial charge on any atom is -0.351 e. The molecule has 0 saturated heterocycles. The summed E-state index contributed by atoms with van der Waals surface area (Å²) in [5.74, 6) is 1.000. The summed E-state index contributed by atoms with van der Waals surface area (Å²) in [4.78, 5) is 30.3. The van der Waals surface area contributed by atoms with Crippen LogP contribution in [0.15, 0.2) is 65.8 Å². The highest BCUT2D eigenvalue weighted by Gasteiger charge is 2.29. The van der Waals surface area contributed by atoms with Crippen molar-refractivity contribution in [3.8, 4) is 0 Å². The van der Waals surface area contributed by atoms with E-state index in [-0.39, 0.29) is 5.78 Å². The number of aromatic nitrogens is 3. The molecule has 0 radical (unpaired) electrons. The summed E-state index contributed by atoms with van der Waals surface area (Å²) in [6.45, 7) is 12.2. The molecule has 216 valence electrons. The first kappa shape index (κ1) is 30.4. The second kappa shape index (κ2) is 13.9. The van der Waals surface area contributed by atoms with Crippen molar-refractivity contribution >= 4 is 51.8 Å². The van der Waals surface area contributed by atoms with Gasteiger partial charge in [0, 0.05) is 28.9 Å². The molecular formula is C34H42ClN5O. The predicted octanol–water partition coefficient (Wildman–Crippen LogP) is 9.88. The SMILES string of the molecule is C=CCC/C=C(\C)CCCCCC(C)(C)C(=O)c1cc2cc(Nc3nccc(C4=CCC(C)C=N4)n3)cc(Cl)c2[nH]1. The molecule has 0 fully saturated rings. The monoisotopic (exact) mass is 571 g/mol. The van der Waals surface area contributed by atoms with Crippen LogP contribution in [0.4, 0.5) is 11.6 Å². The van der Waals surface area contributed by atoms with Gasteiger partial charge in [-0.2, -0.15) is 0 Å². The van der Waals surface area contributed by atoms with E-state index in [0.717, 1.165) is 79.3 Å². The summed E-state index contributed by atoms with van der Waals surface area (Å²) in [6, 6.07) is 7.54. The zero-order valence-corrected chi connectivity index (χ0v) is 25.5. The molecule has 0 aliphatic carbocycles. The maximum absolute atomic E-state index is 13.5. The Labute approximate surface area is 249 Å². The van der Waals surface area contributed by atoms with Gasteiger partial charge in [-0.05, 0) is 75.6 Å². The molecule has 7 heteroatoms. The van der Waals surface area contributed by atoms with Gasteiger partial charge < -0.3 is 10.3 Å². The molecule has 1 atom stereocenters. The lowest BCUT2D eigenvalue weighted by Crippen LogP contribution is -2.24. The summed E-state index contributed by atoms with van der Waals surface area (Å²) < 4.78 is 0. The number of aliphatic imine (C=N–C) groups is 1. The van der Waals surface area contributed by atoms with Gasteiger partial charge in [0.15, 0.2) is 5.78 Å². The van der Waals surface area contributed by atoms with Crippen LogP contribution < -0.4 is 5.32 Å². The fourth-order valence-corrected chi connectivity index (χ4v) is 5.32. The number of fused-ring (bicyclic) bond motifs is 1. The fraction of sp³-hybridized carbons (Fsp3) is 0.412. The van der Waals surface area contributed by atoms with Gasteiger partial charge >= 0.3 is 0 Å². The lowest BCUT2D eigenvalue weighted by molar-refractivity contribution is 0.0818. The van der Waals surface area contributed by atoms with Crippen molar-refractivity contribution in [1.29, 1.82) is 0 Å². The molecule has 0 spiro atoms. The lowest BCUT2D eigenvalue weighted by Gasteiger charge is -2.22. The number of benzene rings is 1. The molecule has 41 heavy (non-hydrogen) atoms. The highest BCUT2D eigenvalue weighted by Crippen LogP contribution is 2.34. The first-order chi connectivity index (χ1) is 19.7. The van der Waals surface area contributed by atoms with Crippen molar-refractivity contribution in [1.82, 2.24) is 15.0 Å². The van der Waals surface area contributed by atoms with Crippen molar-refractivity contribution in [2.24, 2.45) is 16.3 Å². The van der Waals surface area contributed by atoms with Gasteiger partial charge in [0.05, 0.1) is 27.6 Å². The Balaban J connectivity index is 1.39. The van der Waals surface area contributed by atoms with Gasteiger partial charge in [0.2, 0.25) is 5.95 Å². The van der Waals surface area contributed by atoms with Gasteiger partial charge in [-0.15, -0.1) is 6.58 Å². The summed E-state index contributed by atoms with van der Waals surface area (Å²) >= 11 is 6.65. The molecule has 6 nitrogen and oxygen atoms in total. The minimum absolute atomic E-state index is 0.103. The Morgan fingerprint density at radius 3 is 2.80 bits per heavy atom. The number of carbonyl (C=O) groups excluding carboxylic acids is 1. The molecule has 0 bridgehead atoms. The van der Waals surface area contributed by atoms with E-state index in [1.54, 1.807) is 6.20 Å². The first-order valence-electron chi connectivity index (χ1n) is 14.6. The van der Waals surface area contributed by atoms with Crippen molar-refractivity contribution in [3.63, 3.8) is 0 Å². The van der Waals surface area contributed by atoms with Crippen LogP contribution in [0.5, 0.6) is 0 Å².